The number of halogens is 4. The third-order valence-electron chi connectivity index (χ3n) is 5.25. The molecule has 1 aliphatic rings. The highest BCUT2D eigenvalue weighted by atomic mass is 35.5. The molecule has 1 unspecified atom stereocenters. The number of benzene rings is 3. The molecule has 0 saturated carbocycles. The molecule has 1 fully saturated rings. The molecule has 34 heavy (non-hydrogen) atoms. The van der Waals surface area contributed by atoms with Crippen molar-refractivity contribution in [3.8, 4) is 5.75 Å². The molecule has 3 aromatic carbocycles. The van der Waals surface area contributed by atoms with Gasteiger partial charge in [-0.3, -0.25) is 14.5 Å². The number of nitrogens with zero attached hydrogens (tertiary/aromatic N) is 1. The highest BCUT2D eigenvalue weighted by molar-refractivity contribution is 6.51. The van der Waals surface area contributed by atoms with Crippen LogP contribution in [0, 0.1) is 6.92 Å². The summed E-state index contributed by atoms with van der Waals surface area (Å²) in [4.78, 5) is 27.3. The summed E-state index contributed by atoms with van der Waals surface area (Å²) < 4.78 is 41.5. The Bertz CT molecular complexity index is 1300. The van der Waals surface area contributed by atoms with Crippen LogP contribution in [0.15, 0.2) is 78.4 Å². The lowest BCUT2D eigenvalue weighted by atomic mass is 9.94. The molecular weight excluding hydrogens is 471 g/mol. The number of aliphatic hydroxyl groups is 1. The number of rotatable bonds is 4. The van der Waals surface area contributed by atoms with E-state index in [9.17, 15) is 27.9 Å². The summed E-state index contributed by atoms with van der Waals surface area (Å²) in [5.41, 5.74) is 1.64. The van der Waals surface area contributed by atoms with Crippen LogP contribution in [-0.2, 0) is 9.59 Å². The van der Waals surface area contributed by atoms with Crippen molar-refractivity contribution >= 4 is 34.7 Å². The molecule has 1 amide bonds. The Balaban J connectivity index is 1.87. The quantitative estimate of drug-likeness (QED) is 0.271. The van der Waals surface area contributed by atoms with Crippen LogP contribution in [0.2, 0.25) is 5.02 Å². The zero-order valence-electron chi connectivity index (χ0n) is 17.6. The number of carbonyl (C=O) groups is 2. The second-order valence-electron chi connectivity index (χ2n) is 7.64. The smallest absolute Gasteiger partial charge is 0.507 e. The van der Waals surface area contributed by atoms with E-state index in [-0.39, 0.29) is 16.8 Å². The summed E-state index contributed by atoms with van der Waals surface area (Å²) in [5.74, 6) is -2.75. The van der Waals surface area contributed by atoms with Gasteiger partial charge in [-0.05, 0) is 48.9 Å². The zero-order chi connectivity index (χ0) is 24.6. The largest absolute Gasteiger partial charge is 0.573 e. The van der Waals surface area contributed by atoms with E-state index < -0.39 is 35.6 Å². The van der Waals surface area contributed by atoms with Gasteiger partial charge in [-0.25, -0.2) is 0 Å². The van der Waals surface area contributed by atoms with Crippen molar-refractivity contribution in [1.29, 1.82) is 0 Å². The van der Waals surface area contributed by atoms with Crippen molar-refractivity contribution in [3.63, 3.8) is 0 Å². The first-order chi connectivity index (χ1) is 16.0. The average Bonchev–Trinajstić information content (AvgIpc) is 3.03. The van der Waals surface area contributed by atoms with Gasteiger partial charge in [0.15, 0.2) is 0 Å². The molecule has 4 rings (SSSR count). The molecule has 3 aromatic rings. The second kappa shape index (κ2) is 8.87. The minimum absolute atomic E-state index is 0.159. The molecule has 5 nitrogen and oxygen atoms in total. The number of hydrogen-bond donors (Lipinski definition) is 1. The van der Waals surface area contributed by atoms with Crippen LogP contribution in [0.5, 0.6) is 5.75 Å². The normalized spacial score (nSPS) is 17.8. The van der Waals surface area contributed by atoms with Crippen LogP contribution in [0.25, 0.3) is 5.76 Å². The summed E-state index contributed by atoms with van der Waals surface area (Å²) in [5, 5.41) is 11.4. The molecule has 1 atom stereocenters. The minimum atomic E-state index is -4.87. The van der Waals surface area contributed by atoms with E-state index in [0.717, 1.165) is 22.6 Å². The van der Waals surface area contributed by atoms with Gasteiger partial charge in [-0.2, -0.15) is 0 Å². The monoisotopic (exact) mass is 487 g/mol. The predicted molar refractivity (Wildman–Crippen MR) is 121 cm³/mol. The lowest BCUT2D eigenvalue weighted by Gasteiger charge is -2.26. The van der Waals surface area contributed by atoms with E-state index in [1.807, 2.05) is 13.0 Å². The van der Waals surface area contributed by atoms with Crippen LogP contribution in [0.4, 0.5) is 18.9 Å². The number of alkyl halides is 3. The van der Waals surface area contributed by atoms with Crippen LogP contribution in [0.3, 0.4) is 0 Å². The van der Waals surface area contributed by atoms with Gasteiger partial charge in [0.2, 0.25) is 0 Å². The Labute approximate surface area is 197 Å². The zero-order valence-corrected chi connectivity index (χ0v) is 18.4. The Hall–Kier alpha value is -3.78. The highest BCUT2D eigenvalue weighted by Gasteiger charge is 2.47. The molecule has 9 heteroatoms. The molecule has 1 aliphatic heterocycles. The van der Waals surface area contributed by atoms with Crippen molar-refractivity contribution in [2.45, 2.75) is 19.3 Å². The number of aryl methyl sites for hydroxylation is 1. The van der Waals surface area contributed by atoms with Gasteiger partial charge < -0.3 is 9.84 Å². The lowest BCUT2D eigenvalue weighted by Crippen LogP contribution is -2.29. The summed E-state index contributed by atoms with van der Waals surface area (Å²) in [6, 6.07) is 16.8. The van der Waals surface area contributed by atoms with Gasteiger partial charge in [0.05, 0.1) is 11.6 Å². The van der Waals surface area contributed by atoms with Crippen LogP contribution < -0.4 is 9.64 Å². The molecule has 174 valence electrons. The Morgan fingerprint density at radius 1 is 1.00 bits per heavy atom. The van der Waals surface area contributed by atoms with Gasteiger partial charge in [0.25, 0.3) is 11.7 Å². The SMILES string of the molecule is Cc1cccc(C2/C(=C(/O)c3cccc(Cl)c3)C(=O)C(=O)N2c2ccc(OC(F)(F)F)cc2)c1. The van der Waals surface area contributed by atoms with Gasteiger partial charge in [-0.1, -0.05) is 53.6 Å². The van der Waals surface area contributed by atoms with E-state index in [2.05, 4.69) is 4.74 Å². The summed E-state index contributed by atoms with van der Waals surface area (Å²) in [7, 11) is 0. The van der Waals surface area contributed by atoms with E-state index in [1.165, 1.54) is 18.2 Å². The number of ketones is 1. The first-order valence-electron chi connectivity index (χ1n) is 10.0. The summed E-state index contributed by atoms with van der Waals surface area (Å²) >= 11 is 6.03. The Morgan fingerprint density at radius 3 is 2.29 bits per heavy atom. The fraction of sp³-hybridized carbons (Fsp3) is 0.120. The summed E-state index contributed by atoms with van der Waals surface area (Å²) in [6.07, 6.45) is -4.87. The maximum absolute atomic E-state index is 13.1. The topological polar surface area (TPSA) is 66.8 Å². The van der Waals surface area contributed by atoms with Gasteiger partial charge in [0, 0.05) is 16.3 Å². The first-order valence-corrected chi connectivity index (χ1v) is 10.4. The number of aliphatic hydroxyl groups excluding tert-OH is 1. The highest BCUT2D eigenvalue weighted by Crippen LogP contribution is 2.43. The van der Waals surface area contributed by atoms with Crippen LogP contribution in [-0.4, -0.2) is 23.2 Å². The second-order valence-corrected chi connectivity index (χ2v) is 8.07. The molecule has 0 radical (unpaired) electrons. The maximum atomic E-state index is 13.1. The van der Waals surface area contributed by atoms with Gasteiger partial charge in [-0.15, -0.1) is 13.2 Å². The van der Waals surface area contributed by atoms with Crippen molar-refractivity contribution in [2.24, 2.45) is 0 Å². The predicted octanol–water partition coefficient (Wildman–Crippen LogP) is 6.17. The molecular formula is C25H17ClF3NO4. The number of Topliss-reactive ketones (excluding diaryl/α,β-unsaturated/α-hetero) is 1. The fourth-order valence-electron chi connectivity index (χ4n) is 3.85. The van der Waals surface area contributed by atoms with E-state index in [1.54, 1.807) is 36.4 Å². The lowest BCUT2D eigenvalue weighted by molar-refractivity contribution is -0.274. The van der Waals surface area contributed by atoms with Gasteiger partial charge in [0.1, 0.15) is 11.5 Å². The third-order valence-corrected chi connectivity index (χ3v) is 5.48. The molecule has 0 aromatic heterocycles. The van der Waals surface area contributed by atoms with Crippen LogP contribution in [0.1, 0.15) is 22.7 Å². The van der Waals surface area contributed by atoms with E-state index in [4.69, 9.17) is 11.6 Å². The molecule has 0 aliphatic carbocycles. The molecule has 1 saturated heterocycles. The first kappa shape index (κ1) is 23.4. The van der Waals surface area contributed by atoms with Crippen LogP contribution >= 0.6 is 11.6 Å². The molecule has 0 spiro atoms. The van der Waals surface area contributed by atoms with E-state index >= 15 is 0 Å². The number of carbonyl (C=O) groups excluding carboxylic acids is 2. The Kier molecular flexibility index (Phi) is 6.10. The Morgan fingerprint density at radius 2 is 1.68 bits per heavy atom. The fourth-order valence-corrected chi connectivity index (χ4v) is 4.04. The molecule has 1 N–H and O–H groups in total. The number of anilines is 1. The maximum Gasteiger partial charge on any atom is 0.573 e. The minimum Gasteiger partial charge on any atom is -0.507 e. The number of amides is 1. The number of ether oxygens (including phenoxy) is 1. The number of hydrogen-bond acceptors (Lipinski definition) is 4. The van der Waals surface area contributed by atoms with Crippen molar-refractivity contribution < 1.29 is 32.6 Å². The standard InChI is InChI=1S/C25H17ClF3NO4/c1-14-4-2-5-15(12-14)21-20(22(31)16-6-3-7-17(26)13-16)23(32)24(33)30(21)18-8-10-19(11-9-18)34-25(27,28)29/h2-13,21,31H,1H3/b22-20-. The van der Waals surface area contributed by atoms with E-state index in [0.29, 0.717) is 10.6 Å². The van der Waals surface area contributed by atoms with Crippen molar-refractivity contribution in [2.75, 3.05) is 4.90 Å². The van der Waals surface area contributed by atoms with Gasteiger partial charge >= 0.3 is 6.36 Å². The van der Waals surface area contributed by atoms with Crippen molar-refractivity contribution in [1.82, 2.24) is 0 Å². The summed E-state index contributed by atoms with van der Waals surface area (Å²) in [6.45, 7) is 1.83. The molecule has 1 heterocycles. The average molecular weight is 488 g/mol. The third kappa shape index (κ3) is 4.63. The van der Waals surface area contributed by atoms with Crippen molar-refractivity contribution in [3.05, 3.63) is 100 Å². The molecule has 0 bridgehead atoms.